The topological polar surface area (TPSA) is 72.5 Å². The molecule has 1 amide bonds. The van der Waals surface area contributed by atoms with Gasteiger partial charge in [0.2, 0.25) is 0 Å². The van der Waals surface area contributed by atoms with E-state index in [0.29, 0.717) is 27.4 Å². The van der Waals surface area contributed by atoms with Gasteiger partial charge >= 0.3 is 5.97 Å². The molecule has 1 N–H and O–H groups in total. The number of benzene rings is 1. The summed E-state index contributed by atoms with van der Waals surface area (Å²) in [7, 11) is 0. The number of Topliss-reactive ketones (excluding diaryl/α,β-unsaturated/α-hetero) is 1. The Balaban J connectivity index is 2.45. The van der Waals surface area contributed by atoms with Gasteiger partial charge in [-0.15, -0.1) is 11.3 Å². The number of ketones is 1. The molecule has 25 heavy (non-hydrogen) atoms. The van der Waals surface area contributed by atoms with Crippen LogP contribution in [0.3, 0.4) is 0 Å². The summed E-state index contributed by atoms with van der Waals surface area (Å²) in [6.45, 7) is 7.23. The lowest BCUT2D eigenvalue weighted by atomic mass is 10.1. The molecule has 0 atom stereocenters. The molecule has 0 radical (unpaired) electrons. The molecule has 5 nitrogen and oxygen atoms in total. The zero-order chi connectivity index (χ0) is 18.6. The number of amides is 1. The number of nitrogens with one attached hydrogen (secondary N) is 1. The van der Waals surface area contributed by atoms with Crippen LogP contribution in [0.15, 0.2) is 24.3 Å². The highest BCUT2D eigenvalue weighted by Crippen LogP contribution is 2.35. The number of thiophene rings is 1. The molecule has 1 aromatic carbocycles. The largest absolute Gasteiger partial charge is 0.462 e. The van der Waals surface area contributed by atoms with Crippen LogP contribution in [0.1, 0.15) is 61.8 Å². The fourth-order valence-electron chi connectivity index (χ4n) is 2.48. The SMILES string of the molecule is CCOC(=O)c1c(NC(=O)c2ccccc2C)sc(C(=O)CC)c1C. The average molecular weight is 359 g/mol. The highest BCUT2D eigenvalue weighted by atomic mass is 32.1. The molecule has 0 saturated carbocycles. The molecule has 2 rings (SSSR count). The number of ether oxygens (including phenoxy) is 1. The fourth-order valence-corrected chi connectivity index (χ4v) is 3.67. The maximum atomic E-state index is 12.6. The Bertz CT molecular complexity index is 823. The van der Waals surface area contributed by atoms with Crippen LogP contribution in [0.25, 0.3) is 0 Å². The molecular formula is C19H21NO4S. The number of hydrogen-bond acceptors (Lipinski definition) is 5. The maximum absolute atomic E-state index is 12.6. The van der Waals surface area contributed by atoms with E-state index in [0.717, 1.165) is 16.9 Å². The van der Waals surface area contributed by atoms with Gasteiger partial charge in [-0.25, -0.2) is 4.79 Å². The van der Waals surface area contributed by atoms with Gasteiger partial charge in [0, 0.05) is 12.0 Å². The molecule has 132 valence electrons. The van der Waals surface area contributed by atoms with Crippen molar-refractivity contribution in [1.29, 1.82) is 0 Å². The quantitative estimate of drug-likeness (QED) is 0.613. The van der Waals surface area contributed by atoms with Gasteiger partial charge in [0.15, 0.2) is 5.78 Å². The van der Waals surface area contributed by atoms with Gasteiger partial charge in [-0.3, -0.25) is 9.59 Å². The van der Waals surface area contributed by atoms with Gasteiger partial charge in [0.25, 0.3) is 5.91 Å². The molecule has 1 aromatic heterocycles. The van der Waals surface area contributed by atoms with Crippen molar-refractivity contribution in [2.75, 3.05) is 11.9 Å². The second-order valence-corrected chi connectivity index (χ2v) is 6.55. The minimum atomic E-state index is -0.536. The van der Waals surface area contributed by atoms with Crippen LogP contribution in [-0.4, -0.2) is 24.3 Å². The molecule has 6 heteroatoms. The summed E-state index contributed by atoms with van der Waals surface area (Å²) < 4.78 is 5.09. The first-order valence-corrected chi connectivity index (χ1v) is 8.93. The molecule has 0 fully saturated rings. The van der Waals surface area contributed by atoms with Crippen LogP contribution in [0.5, 0.6) is 0 Å². The van der Waals surface area contributed by atoms with Gasteiger partial charge in [0.1, 0.15) is 5.00 Å². The van der Waals surface area contributed by atoms with Crippen LogP contribution in [0.4, 0.5) is 5.00 Å². The Morgan fingerprint density at radius 3 is 2.40 bits per heavy atom. The molecule has 0 saturated heterocycles. The van der Waals surface area contributed by atoms with Crippen molar-refractivity contribution in [1.82, 2.24) is 0 Å². The van der Waals surface area contributed by atoms with Crippen LogP contribution in [0.2, 0.25) is 0 Å². The molecule has 0 bridgehead atoms. The van der Waals surface area contributed by atoms with E-state index in [9.17, 15) is 14.4 Å². The number of aryl methyl sites for hydroxylation is 1. The molecule has 1 heterocycles. The van der Waals surface area contributed by atoms with Crippen LogP contribution < -0.4 is 5.32 Å². The molecule has 0 aliphatic carbocycles. The maximum Gasteiger partial charge on any atom is 0.341 e. The van der Waals surface area contributed by atoms with Crippen molar-refractivity contribution >= 4 is 34.0 Å². The smallest absolute Gasteiger partial charge is 0.341 e. The second-order valence-electron chi connectivity index (χ2n) is 5.53. The summed E-state index contributed by atoms with van der Waals surface area (Å²) in [5.74, 6) is -0.920. The molecule has 0 unspecified atom stereocenters. The Labute approximate surface area is 151 Å². The number of carbonyl (C=O) groups excluding carboxylic acids is 3. The fraction of sp³-hybridized carbons (Fsp3) is 0.316. The van der Waals surface area contributed by atoms with Crippen molar-refractivity contribution in [3.8, 4) is 0 Å². The predicted octanol–water partition coefficient (Wildman–Crippen LogP) is 4.39. The van der Waals surface area contributed by atoms with E-state index in [1.165, 1.54) is 0 Å². The molecule has 0 spiro atoms. The molecular weight excluding hydrogens is 338 g/mol. The van der Waals surface area contributed by atoms with Gasteiger partial charge < -0.3 is 10.1 Å². The Kier molecular flexibility index (Phi) is 6.09. The second kappa shape index (κ2) is 8.07. The lowest BCUT2D eigenvalue weighted by molar-refractivity contribution is 0.0527. The number of rotatable bonds is 6. The zero-order valence-corrected chi connectivity index (χ0v) is 15.6. The Morgan fingerprint density at radius 1 is 1.12 bits per heavy atom. The van der Waals surface area contributed by atoms with E-state index < -0.39 is 5.97 Å². The van der Waals surface area contributed by atoms with Crippen LogP contribution >= 0.6 is 11.3 Å². The van der Waals surface area contributed by atoms with E-state index in [1.807, 2.05) is 19.1 Å². The van der Waals surface area contributed by atoms with E-state index >= 15 is 0 Å². The Hall–Kier alpha value is -2.47. The third-order valence-corrected chi connectivity index (χ3v) is 5.07. The minimum absolute atomic E-state index is 0.0653. The number of carbonyl (C=O) groups is 3. The first kappa shape index (κ1) is 18.9. The summed E-state index contributed by atoms with van der Waals surface area (Å²) in [4.78, 5) is 37.5. The summed E-state index contributed by atoms with van der Waals surface area (Å²) in [6.07, 6.45) is 0.328. The van der Waals surface area contributed by atoms with Crippen LogP contribution in [0, 0.1) is 13.8 Å². The number of esters is 1. The zero-order valence-electron chi connectivity index (χ0n) is 14.8. The molecule has 2 aromatic rings. The average Bonchev–Trinajstić information content (AvgIpc) is 2.90. The van der Waals surface area contributed by atoms with E-state index in [1.54, 1.807) is 32.9 Å². The van der Waals surface area contributed by atoms with Gasteiger partial charge in [0.05, 0.1) is 17.0 Å². The summed E-state index contributed by atoms with van der Waals surface area (Å²) in [5, 5.41) is 3.12. The highest BCUT2D eigenvalue weighted by Gasteiger charge is 2.26. The standard InChI is InChI=1S/C19H21NO4S/c1-5-14(21)16-12(4)15(19(23)24-6-2)18(25-16)20-17(22)13-10-8-7-9-11(13)3/h7-10H,5-6H2,1-4H3,(H,20,22). The van der Waals surface area contributed by atoms with Gasteiger partial charge in [-0.1, -0.05) is 25.1 Å². The summed E-state index contributed by atoms with van der Waals surface area (Å²) in [5.41, 5.74) is 2.16. The van der Waals surface area contributed by atoms with Gasteiger partial charge in [-0.2, -0.15) is 0 Å². The number of hydrogen-bond donors (Lipinski definition) is 1. The lowest BCUT2D eigenvalue weighted by Gasteiger charge is -2.08. The van der Waals surface area contributed by atoms with Crippen LogP contribution in [-0.2, 0) is 4.74 Å². The molecule has 0 aliphatic heterocycles. The third kappa shape index (κ3) is 3.96. The summed E-state index contributed by atoms with van der Waals surface area (Å²) >= 11 is 1.12. The van der Waals surface area contributed by atoms with E-state index in [-0.39, 0.29) is 23.9 Å². The van der Waals surface area contributed by atoms with Crippen molar-refractivity contribution in [3.05, 3.63) is 51.4 Å². The van der Waals surface area contributed by atoms with Crippen molar-refractivity contribution in [2.24, 2.45) is 0 Å². The first-order valence-electron chi connectivity index (χ1n) is 8.11. The Morgan fingerprint density at radius 2 is 1.80 bits per heavy atom. The lowest BCUT2D eigenvalue weighted by Crippen LogP contribution is -2.15. The summed E-state index contributed by atoms with van der Waals surface area (Å²) in [6, 6.07) is 7.18. The van der Waals surface area contributed by atoms with E-state index in [4.69, 9.17) is 4.74 Å². The number of anilines is 1. The first-order chi connectivity index (χ1) is 11.9. The van der Waals surface area contributed by atoms with Crippen molar-refractivity contribution in [2.45, 2.75) is 34.1 Å². The van der Waals surface area contributed by atoms with E-state index in [2.05, 4.69) is 5.32 Å². The minimum Gasteiger partial charge on any atom is -0.462 e. The monoisotopic (exact) mass is 359 g/mol. The van der Waals surface area contributed by atoms with Gasteiger partial charge in [-0.05, 0) is 38.0 Å². The van der Waals surface area contributed by atoms with Crippen molar-refractivity contribution < 1.29 is 19.1 Å². The molecule has 0 aliphatic rings. The highest BCUT2D eigenvalue weighted by molar-refractivity contribution is 7.18. The van der Waals surface area contributed by atoms with Crippen molar-refractivity contribution in [3.63, 3.8) is 0 Å². The predicted molar refractivity (Wildman–Crippen MR) is 98.8 cm³/mol. The third-order valence-electron chi connectivity index (χ3n) is 3.82. The normalized spacial score (nSPS) is 10.4.